The highest BCUT2D eigenvalue weighted by molar-refractivity contribution is 5.79. The van der Waals surface area contributed by atoms with Crippen molar-refractivity contribution in [1.29, 1.82) is 0 Å². The molecular weight excluding hydrogens is 298 g/mol. The number of hydrogen-bond donors (Lipinski definition) is 0. The smallest absolute Gasteiger partial charge is 0.226 e. The Morgan fingerprint density at radius 1 is 1.25 bits per heavy atom. The molecule has 1 aliphatic carbocycles. The average Bonchev–Trinajstić information content (AvgIpc) is 2.89. The summed E-state index contributed by atoms with van der Waals surface area (Å²) >= 11 is 0. The summed E-state index contributed by atoms with van der Waals surface area (Å²) in [6.45, 7) is 2.70. The second-order valence-electron chi connectivity index (χ2n) is 7.13. The molecule has 0 spiro atoms. The molecule has 0 bridgehead atoms. The number of pyridine rings is 1. The molecule has 0 radical (unpaired) electrons. The second-order valence-corrected chi connectivity index (χ2v) is 7.13. The van der Waals surface area contributed by atoms with E-state index in [4.69, 9.17) is 0 Å². The van der Waals surface area contributed by atoms with Crippen LogP contribution in [-0.2, 0) is 11.3 Å². The van der Waals surface area contributed by atoms with Gasteiger partial charge in [-0.3, -0.25) is 14.7 Å². The maximum Gasteiger partial charge on any atom is 0.226 e. The van der Waals surface area contributed by atoms with Gasteiger partial charge in [0, 0.05) is 37.8 Å². The summed E-state index contributed by atoms with van der Waals surface area (Å²) in [5.74, 6) is 0.602. The maximum atomic E-state index is 12.7. The van der Waals surface area contributed by atoms with Crippen LogP contribution in [0, 0.1) is 5.92 Å². The number of carbonyl (C=O) groups is 1. The molecule has 1 aromatic heterocycles. The molecule has 1 saturated heterocycles. The minimum atomic E-state index is 0.220. The third-order valence-corrected chi connectivity index (χ3v) is 5.39. The fourth-order valence-electron chi connectivity index (χ4n) is 3.89. The minimum Gasteiger partial charge on any atom is -0.342 e. The Balaban J connectivity index is 1.52. The van der Waals surface area contributed by atoms with Crippen LogP contribution in [0.25, 0.3) is 0 Å². The lowest BCUT2D eigenvalue weighted by Crippen LogP contribution is -2.38. The van der Waals surface area contributed by atoms with Gasteiger partial charge in [-0.2, -0.15) is 0 Å². The lowest BCUT2D eigenvalue weighted by Gasteiger charge is -2.28. The van der Waals surface area contributed by atoms with E-state index in [1.807, 2.05) is 18.3 Å². The molecule has 2 aliphatic rings. The number of nitrogens with zero attached hydrogens (tertiary/aromatic N) is 3. The van der Waals surface area contributed by atoms with Gasteiger partial charge < -0.3 is 4.90 Å². The van der Waals surface area contributed by atoms with Crippen LogP contribution in [-0.4, -0.2) is 46.9 Å². The zero-order valence-corrected chi connectivity index (χ0v) is 14.7. The van der Waals surface area contributed by atoms with E-state index in [-0.39, 0.29) is 5.92 Å². The van der Waals surface area contributed by atoms with Crippen molar-refractivity contribution in [1.82, 2.24) is 14.8 Å². The molecule has 4 heteroatoms. The summed E-state index contributed by atoms with van der Waals surface area (Å²) in [5, 5.41) is 0. The summed E-state index contributed by atoms with van der Waals surface area (Å²) in [6.07, 6.45) is 12.6. The molecule has 3 rings (SSSR count). The van der Waals surface area contributed by atoms with E-state index < -0.39 is 0 Å². The van der Waals surface area contributed by atoms with Crippen LogP contribution in [0.4, 0.5) is 0 Å². The highest BCUT2D eigenvalue weighted by Gasteiger charge is 2.27. The van der Waals surface area contributed by atoms with Gasteiger partial charge in [0.1, 0.15) is 0 Å². The van der Waals surface area contributed by atoms with Crippen molar-refractivity contribution in [3.8, 4) is 0 Å². The van der Waals surface area contributed by atoms with E-state index >= 15 is 0 Å². The number of allylic oxidation sites excluding steroid dienone is 2. The monoisotopic (exact) mass is 327 g/mol. The Morgan fingerprint density at radius 3 is 2.92 bits per heavy atom. The van der Waals surface area contributed by atoms with Gasteiger partial charge in [-0.15, -0.1) is 0 Å². The maximum absolute atomic E-state index is 12.7. The first-order valence-electron chi connectivity index (χ1n) is 9.28. The van der Waals surface area contributed by atoms with Gasteiger partial charge in [0.15, 0.2) is 0 Å². The van der Waals surface area contributed by atoms with Gasteiger partial charge >= 0.3 is 0 Å². The number of aromatic nitrogens is 1. The molecule has 1 fully saturated rings. The molecule has 1 aliphatic heterocycles. The van der Waals surface area contributed by atoms with Gasteiger partial charge in [0.25, 0.3) is 0 Å². The molecule has 24 heavy (non-hydrogen) atoms. The predicted octanol–water partition coefficient (Wildman–Crippen LogP) is 3.25. The van der Waals surface area contributed by atoms with Gasteiger partial charge in [-0.05, 0) is 57.7 Å². The van der Waals surface area contributed by atoms with Crippen LogP contribution < -0.4 is 0 Å². The van der Waals surface area contributed by atoms with Crippen molar-refractivity contribution in [2.24, 2.45) is 5.92 Å². The van der Waals surface area contributed by atoms with Crippen LogP contribution in [0.1, 0.15) is 44.2 Å². The topological polar surface area (TPSA) is 36.4 Å². The van der Waals surface area contributed by atoms with E-state index in [1.54, 1.807) is 0 Å². The Hall–Kier alpha value is -1.68. The quantitative estimate of drug-likeness (QED) is 0.797. The molecule has 0 N–H and O–H groups in total. The summed E-state index contributed by atoms with van der Waals surface area (Å²) < 4.78 is 0. The fourth-order valence-corrected chi connectivity index (χ4v) is 3.89. The van der Waals surface area contributed by atoms with Crippen LogP contribution in [0.5, 0.6) is 0 Å². The van der Waals surface area contributed by atoms with Crippen molar-refractivity contribution in [2.45, 2.75) is 51.1 Å². The Bertz CT molecular complexity index is 557. The summed E-state index contributed by atoms with van der Waals surface area (Å²) in [7, 11) is 2.18. The van der Waals surface area contributed by atoms with E-state index in [0.717, 1.165) is 63.9 Å². The molecular formula is C20H29N3O. The van der Waals surface area contributed by atoms with E-state index in [0.29, 0.717) is 11.9 Å². The van der Waals surface area contributed by atoms with Gasteiger partial charge in [-0.1, -0.05) is 18.2 Å². The minimum absolute atomic E-state index is 0.220. The molecule has 0 aromatic carbocycles. The average molecular weight is 327 g/mol. The lowest BCUT2D eigenvalue weighted by atomic mass is 9.93. The van der Waals surface area contributed by atoms with Gasteiger partial charge in [-0.25, -0.2) is 0 Å². The number of hydrogen-bond acceptors (Lipinski definition) is 3. The van der Waals surface area contributed by atoms with E-state index in [2.05, 4.69) is 40.0 Å². The number of amides is 1. The standard InChI is InChI=1S/C20H29N3O/c1-22(16-18-10-5-6-13-21-18)19-11-7-14-23(15-12-19)20(24)17-8-3-2-4-9-17/h2-3,5-6,10,13,17,19H,4,7-9,11-12,14-16H2,1H3/t17-,19+/m1/s1. The highest BCUT2D eigenvalue weighted by Crippen LogP contribution is 2.23. The number of likely N-dealkylation sites (tertiary alicyclic amines) is 1. The van der Waals surface area contributed by atoms with Crippen LogP contribution in [0.15, 0.2) is 36.5 Å². The first kappa shape index (κ1) is 17.2. The van der Waals surface area contributed by atoms with Gasteiger partial charge in [0.05, 0.1) is 5.69 Å². The number of rotatable bonds is 4. The molecule has 0 unspecified atom stereocenters. The Morgan fingerprint density at radius 2 is 2.17 bits per heavy atom. The lowest BCUT2D eigenvalue weighted by molar-refractivity contribution is -0.135. The van der Waals surface area contributed by atoms with Crippen molar-refractivity contribution in [2.75, 3.05) is 20.1 Å². The molecule has 4 nitrogen and oxygen atoms in total. The normalized spacial score (nSPS) is 24.8. The molecule has 1 aromatic rings. The SMILES string of the molecule is CN(Cc1ccccn1)[C@H]1CCCN(C(=O)[C@@H]2CC=CCC2)CC1. The van der Waals surface area contributed by atoms with Crippen LogP contribution in [0.3, 0.4) is 0 Å². The van der Waals surface area contributed by atoms with Gasteiger partial charge in [0.2, 0.25) is 5.91 Å². The van der Waals surface area contributed by atoms with E-state index in [1.165, 1.54) is 0 Å². The first-order chi connectivity index (χ1) is 11.7. The summed E-state index contributed by atoms with van der Waals surface area (Å²) in [4.78, 5) is 21.7. The Labute approximate surface area is 145 Å². The van der Waals surface area contributed by atoms with Crippen LogP contribution >= 0.6 is 0 Å². The Kier molecular flexibility index (Phi) is 6.02. The largest absolute Gasteiger partial charge is 0.342 e. The van der Waals surface area contributed by atoms with Crippen molar-refractivity contribution < 1.29 is 4.79 Å². The third-order valence-electron chi connectivity index (χ3n) is 5.39. The zero-order chi connectivity index (χ0) is 16.8. The van der Waals surface area contributed by atoms with Crippen LogP contribution in [0.2, 0.25) is 0 Å². The molecule has 130 valence electrons. The summed E-state index contributed by atoms with van der Waals surface area (Å²) in [6, 6.07) is 6.62. The molecule has 0 saturated carbocycles. The van der Waals surface area contributed by atoms with Crippen molar-refractivity contribution in [3.63, 3.8) is 0 Å². The third kappa shape index (κ3) is 4.44. The second kappa shape index (κ2) is 8.43. The molecule has 1 amide bonds. The predicted molar refractivity (Wildman–Crippen MR) is 96.4 cm³/mol. The zero-order valence-electron chi connectivity index (χ0n) is 14.7. The molecule has 2 atom stereocenters. The van der Waals surface area contributed by atoms with Crippen molar-refractivity contribution in [3.05, 3.63) is 42.2 Å². The highest BCUT2D eigenvalue weighted by atomic mass is 16.2. The number of carbonyl (C=O) groups excluding carboxylic acids is 1. The van der Waals surface area contributed by atoms with Crippen molar-refractivity contribution >= 4 is 5.91 Å². The molecule has 2 heterocycles. The summed E-state index contributed by atoms with van der Waals surface area (Å²) in [5.41, 5.74) is 1.12. The van der Waals surface area contributed by atoms with E-state index in [9.17, 15) is 4.79 Å². The fraction of sp³-hybridized carbons (Fsp3) is 0.600. The first-order valence-corrected chi connectivity index (χ1v) is 9.28.